The molecule has 1 atom stereocenters. The smallest absolute Gasteiger partial charge is 0.193 e. The first-order valence-corrected chi connectivity index (χ1v) is 11.1. The zero-order valence-corrected chi connectivity index (χ0v) is 20.6. The number of benzene rings is 1. The number of hydrogen-bond donors (Lipinski definition) is 1. The fourth-order valence-electron chi connectivity index (χ4n) is 4.14. The molecule has 0 spiro atoms. The lowest BCUT2D eigenvalue weighted by atomic mass is 10.1. The highest BCUT2D eigenvalue weighted by molar-refractivity contribution is 14.0. The summed E-state index contributed by atoms with van der Waals surface area (Å²) in [7, 11) is 2.13. The third-order valence-electron chi connectivity index (χ3n) is 5.79. The summed E-state index contributed by atoms with van der Waals surface area (Å²) in [4.78, 5) is 9.71. The van der Waals surface area contributed by atoms with Crippen LogP contribution in [0.1, 0.15) is 50.2 Å². The number of nitrogens with zero attached hydrogens (tertiary/aromatic N) is 3. The molecule has 3 rings (SSSR count). The maximum atomic E-state index is 5.51. The Hall–Kier alpha value is -0.860. The van der Waals surface area contributed by atoms with Crippen molar-refractivity contribution in [1.29, 1.82) is 0 Å². The van der Waals surface area contributed by atoms with E-state index in [0.29, 0.717) is 5.92 Å². The Bertz CT molecular complexity index is 593. The number of ether oxygens (including phenoxy) is 1. The summed E-state index contributed by atoms with van der Waals surface area (Å²) in [5.74, 6) is 1.61. The van der Waals surface area contributed by atoms with Crippen LogP contribution in [0.15, 0.2) is 29.3 Å². The molecular formula is C23H39IN4O. The third-order valence-corrected chi connectivity index (χ3v) is 5.79. The minimum absolute atomic E-state index is 0. The van der Waals surface area contributed by atoms with Crippen LogP contribution < -0.4 is 5.32 Å². The predicted octanol–water partition coefficient (Wildman–Crippen LogP) is 4.11. The van der Waals surface area contributed by atoms with Crippen molar-refractivity contribution in [2.24, 2.45) is 10.9 Å². The van der Waals surface area contributed by atoms with Crippen LogP contribution in [0.25, 0.3) is 0 Å². The van der Waals surface area contributed by atoms with Gasteiger partial charge in [-0.3, -0.25) is 4.90 Å². The van der Waals surface area contributed by atoms with Gasteiger partial charge in [-0.15, -0.1) is 24.0 Å². The average molecular weight is 514 g/mol. The van der Waals surface area contributed by atoms with Crippen LogP contribution in [0.5, 0.6) is 0 Å². The van der Waals surface area contributed by atoms with Gasteiger partial charge in [0.1, 0.15) is 0 Å². The number of rotatable bonds is 7. The molecule has 6 heteroatoms. The van der Waals surface area contributed by atoms with Gasteiger partial charge in [-0.05, 0) is 50.4 Å². The summed E-state index contributed by atoms with van der Waals surface area (Å²) >= 11 is 0. The fourth-order valence-corrected chi connectivity index (χ4v) is 4.14. The van der Waals surface area contributed by atoms with Gasteiger partial charge in [0.15, 0.2) is 5.96 Å². The molecule has 2 aliphatic rings. The second-order valence-electron chi connectivity index (χ2n) is 8.29. The van der Waals surface area contributed by atoms with Gasteiger partial charge in [0, 0.05) is 39.2 Å². The first-order valence-electron chi connectivity index (χ1n) is 11.1. The molecule has 0 aromatic heterocycles. The molecule has 0 saturated carbocycles. The molecule has 1 aromatic carbocycles. The van der Waals surface area contributed by atoms with Crippen molar-refractivity contribution in [3.63, 3.8) is 0 Å². The van der Waals surface area contributed by atoms with Gasteiger partial charge >= 0.3 is 0 Å². The van der Waals surface area contributed by atoms with Crippen LogP contribution in [-0.2, 0) is 17.8 Å². The first kappa shape index (κ1) is 24.4. The molecule has 1 N–H and O–H groups in total. The molecule has 0 radical (unpaired) electrons. The standard InChI is InChI=1S/C23H38N4O.HI/c1-3-24-23(26(2)17-22-12-15-28-19-22)25-16-20-8-10-21(11-9-20)18-27-13-6-4-5-7-14-27;/h8-11,22H,3-7,12-19H2,1-2H3,(H,24,25);1H. The second-order valence-corrected chi connectivity index (χ2v) is 8.29. The van der Waals surface area contributed by atoms with Gasteiger partial charge in [0.2, 0.25) is 0 Å². The van der Waals surface area contributed by atoms with Crippen molar-refractivity contribution >= 4 is 29.9 Å². The topological polar surface area (TPSA) is 40.1 Å². The van der Waals surface area contributed by atoms with E-state index in [-0.39, 0.29) is 24.0 Å². The van der Waals surface area contributed by atoms with Gasteiger partial charge in [0.25, 0.3) is 0 Å². The summed E-state index contributed by atoms with van der Waals surface area (Å²) < 4.78 is 5.51. The number of halogens is 1. The number of likely N-dealkylation sites (tertiary alicyclic amines) is 1. The van der Waals surface area contributed by atoms with Crippen molar-refractivity contribution in [2.45, 2.75) is 52.1 Å². The lowest BCUT2D eigenvalue weighted by Crippen LogP contribution is -2.41. The zero-order chi connectivity index (χ0) is 19.6. The molecule has 29 heavy (non-hydrogen) atoms. The quantitative estimate of drug-likeness (QED) is 0.338. The largest absolute Gasteiger partial charge is 0.381 e. The van der Waals surface area contributed by atoms with E-state index in [1.807, 2.05) is 0 Å². The zero-order valence-electron chi connectivity index (χ0n) is 18.2. The molecule has 2 aliphatic heterocycles. The van der Waals surface area contributed by atoms with E-state index < -0.39 is 0 Å². The first-order chi connectivity index (χ1) is 13.7. The Morgan fingerprint density at radius 3 is 2.45 bits per heavy atom. The minimum atomic E-state index is 0. The molecule has 0 bridgehead atoms. The van der Waals surface area contributed by atoms with Crippen LogP contribution in [0.3, 0.4) is 0 Å². The van der Waals surface area contributed by atoms with Crippen molar-refractivity contribution in [3.8, 4) is 0 Å². The molecule has 1 aromatic rings. The highest BCUT2D eigenvalue weighted by atomic mass is 127. The Morgan fingerprint density at radius 1 is 1.14 bits per heavy atom. The highest BCUT2D eigenvalue weighted by Crippen LogP contribution is 2.15. The lowest BCUT2D eigenvalue weighted by molar-refractivity contribution is 0.181. The number of hydrogen-bond acceptors (Lipinski definition) is 3. The van der Waals surface area contributed by atoms with Crippen LogP contribution in [0, 0.1) is 5.92 Å². The maximum absolute atomic E-state index is 5.51. The van der Waals surface area contributed by atoms with Crippen LogP contribution in [0.4, 0.5) is 0 Å². The minimum Gasteiger partial charge on any atom is -0.381 e. The van der Waals surface area contributed by atoms with E-state index in [0.717, 1.165) is 51.8 Å². The average Bonchev–Trinajstić information content (AvgIpc) is 3.08. The van der Waals surface area contributed by atoms with Crippen molar-refractivity contribution < 1.29 is 4.74 Å². The Morgan fingerprint density at radius 2 is 1.83 bits per heavy atom. The second kappa shape index (κ2) is 13.4. The molecule has 0 amide bonds. The summed E-state index contributed by atoms with van der Waals surface area (Å²) in [5.41, 5.74) is 2.69. The van der Waals surface area contributed by atoms with Crippen LogP contribution >= 0.6 is 24.0 Å². The van der Waals surface area contributed by atoms with Crippen LogP contribution in [0.2, 0.25) is 0 Å². The number of aliphatic imine (C=N–C) groups is 1. The fraction of sp³-hybridized carbons (Fsp3) is 0.696. The normalized spacial score (nSPS) is 20.8. The lowest BCUT2D eigenvalue weighted by Gasteiger charge is -2.24. The number of guanidine groups is 1. The SMILES string of the molecule is CCNC(=NCc1ccc(CN2CCCCCC2)cc1)N(C)CC1CCOC1.I. The summed E-state index contributed by atoms with van der Waals surface area (Å²) in [6.45, 7) is 10.1. The molecule has 1 unspecified atom stereocenters. The molecule has 2 fully saturated rings. The predicted molar refractivity (Wildman–Crippen MR) is 132 cm³/mol. The van der Waals surface area contributed by atoms with E-state index in [1.165, 1.54) is 49.9 Å². The molecular weight excluding hydrogens is 475 g/mol. The monoisotopic (exact) mass is 514 g/mol. The van der Waals surface area contributed by atoms with Crippen molar-refractivity contribution in [2.75, 3.05) is 46.4 Å². The summed E-state index contributed by atoms with van der Waals surface area (Å²) in [6.07, 6.45) is 6.64. The van der Waals surface area contributed by atoms with E-state index in [2.05, 4.69) is 53.4 Å². The molecule has 0 aliphatic carbocycles. The van der Waals surface area contributed by atoms with Gasteiger partial charge in [0.05, 0.1) is 13.2 Å². The molecule has 164 valence electrons. The molecule has 2 heterocycles. The Balaban J connectivity index is 0.00000300. The van der Waals surface area contributed by atoms with Gasteiger partial charge < -0.3 is 15.0 Å². The third kappa shape index (κ3) is 8.42. The maximum Gasteiger partial charge on any atom is 0.193 e. The van der Waals surface area contributed by atoms with Crippen LogP contribution in [-0.4, -0.2) is 62.2 Å². The van der Waals surface area contributed by atoms with E-state index in [1.54, 1.807) is 0 Å². The Kier molecular flexibility index (Phi) is 11.3. The summed E-state index contributed by atoms with van der Waals surface area (Å²) in [5, 5.41) is 3.43. The van der Waals surface area contributed by atoms with E-state index in [4.69, 9.17) is 9.73 Å². The highest BCUT2D eigenvalue weighted by Gasteiger charge is 2.19. The van der Waals surface area contributed by atoms with Crippen molar-refractivity contribution in [1.82, 2.24) is 15.1 Å². The van der Waals surface area contributed by atoms with Gasteiger partial charge in [-0.25, -0.2) is 4.99 Å². The van der Waals surface area contributed by atoms with Crippen molar-refractivity contribution in [3.05, 3.63) is 35.4 Å². The van der Waals surface area contributed by atoms with Gasteiger partial charge in [-0.1, -0.05) is 37.1 Å². The van der Waals surface area contributed by atoms with E-state index >= 15 is 0 Å². The van der Waals surface area contributed by atoms with Gasteiger partial charge in [-0.2, -0.15) is 0 Å². The summed E-state index contributed by atoms with van der Waals surface area (Å²) in [6, 6.07) is 9.04. The molecule has 2 saturated heterocycles. The molecule has 5 nitrogen and oxygen atoms in total. The Labute approximate surface area is 194 Å². The van der Waals surface area contributed by atoms with E-state index in [9.17, 15) is 0 Å². The number of nitrogens with one attached hydrogen (secondary N) is 1.